The first kappa shape index (κ1) is 14.0. The monoisotopic (exact) mass is 253 g/mol. The molecular weight excluding hydrogens is 238 g/mol. The number of rotatable bonds is 5. The van der Waals surface area contributed by atoms with E-state index in [-0.39, 0.29) is 17.4 Å². The molecule has 0 saturated heterocycles. The zero-order chi connectivity index (χ0) is 13.9. The lowest BCUT2D eigenvalue weighted by molar-refractivity contribution is -0.386. The van der Waals surface area contributed by atoms with Crippen LogP contribution in [0.3, 0.4) is 0 Å². The van der Waals surface area contributed by atoms with Gasteiger partial charge in [-0.25, -0.2) is 4.79 Å². The third-order valence-electron chi connectivity index (χ3n) is 2.41. The van der Waals surface area contributed by atoms with Crippen molar-refractivity contribution < 1.29 is 19.6 Å². The van der Waals surface area contributed by atoms with Crippen LogP contribution in [0, 0.1) is 23.0 Å². The molecule has 6 nitrogen and oxygen atoms in total. The lowest BCUT2D eigenvalue weighted by Gasteiger charge is -2.18. The molecular formula is C12H15NO5. The predicted octanol–water partition coefficient (Wildman–Crippen LogP) is 2.39. The molecule has 0 saturated carbocycles. The molecule has 18 heavy (non-hydrogen) atoms. The highest BCUT2D eigenvalue weighted by Crippen LogP contribution is 2.29. The topological polar surface area (TPSA) is 89.7 Å². The van der Waals surface area contributed by atoms with Crippen molar-refractivity contribution in [1.29, 1.82) is 0 Å². The SMILES string of the molecule is Cc1ccc(OC(C(=O)O)C(C)C)c([N+](=O)[O-])c1. The van der Waals surface area contributed by atoms with Crippen LogP contribution in [0.5, 0.6) is 5.75 Å². The maximum Gasteiger partial charge on any atom is 0.345 e. The van der Waals surface area contributed by atoms with Crippen LogP contribution < -0.4 is 4.74 Å². The summed E-state index contributed by atoms with van der Waals surface area (Å²) in [7, 11) is 0. The standard InChI is InChI=1S/C12H15NO5/c1-7(2)11(12(14)15)18-10-5-4-8(3)6-9(10)13(16)17/h4-7,11H,1-3H3,(H,14,15). The lowest BCUT2D eigenvalue weighted by Crippen LogP contribution is -2.32. The molecule has 1 atom stereocenters. The van der Waals surface area contributed by atoms with Crippen LogP contribution in [-0.2, 0) is 4.79 Å². The second kappa shape index (κ2) is 5.48. The van der Waals surface area contributed by atoms with Gasteiger partial charge in [0, 0.05) is 12.0 Å². The highest BCUT2D eigenvalue weighted by molar-refractivity contribution is 5.73. The van der Waals surface area contributed by atoms with Gasteiger partial charge in [0.15, 0.2) is 11.9 Å². The van der Waals surface area contributed by atoms with Gasteiger partial charge in [-0.2, -0.15) is 0 Å². The van der Waals surface area contributed by atoms with Crippen LogP contribution >= 0.6 is 0 Å². The van der Waals surface area contributed by atoms with Gasteiger partial charge in [-0.1, -0.05) is 19.9 Å². The molecule has 1 N–H and O–H groups in total. The minimum absolute atomic E-state index is 0.0216. The molecule has 0 aliphatic rings. The predicted molar refractivity (Wildman–Crippen MR) is 64.7 cm³/mol. The quantitative estimate of drug-likeness (QED) is 0.642. The Balaban J connectivity index is 3.10. The van der Waals surface area contributed by atoms with Crippen molar-refractivity contribution in [2.75, 3.05) is 0 Å². The van der Waals surface area contributed by atoms with E-state index in [4.69, 9.17) is 9.84 Å². The summed E-state index contributed by atoms with van der Waals surface area (Å²) in [5.41, 5.74) is 0.493. The van der Waals surface area contributed by atoms with Gasteiger partial charge in [-0.3, -0.25) is 10.1 Å². The normalized spacial score (nSPS) is 12.2. The first-order valence-corrected chi connectivity index (χ1v) is 5.47. The summed E-state index contributed by atoms with van der Waals surface area (Å²) < 4.78 is 5.24. The number of carboxylic acid groups (broad SMARTS) is 1. The Labute approximate surface area is 104 Å². The maximum atomic E-state index is 11.0. The number of benzene rings is 1. The zero-order valence-electron chi connectivity index (χ0n) is 10.4. The molecule has 1 aromatic rings. The Hall–Kier alpha value is -2.11. The number of nitro groups is 1. The summed E-state index contributed by atoms with van der Waals surface area (Å²) in [5, 5.41) is 19.9. The van der Waals surface area contributed by atoms with Crippen molar-refractivity contribution >= 4 is 11.7 Å². The van der Waals surface area contributed by atoms with Gasteiger partial charge in [0.05, 0.1) is 4.92 Å². The molecule has 0 bridgehead atoms. The molecule has 0 aromatic heterocycles. The van der Waals surface area contributed by atoms with Gasteiger partial charge in [-0.15, -0.1) is 0 Å². The highest BCUT2D eigenvalue weighted by atomic mass is 16.6. The van der Waals surface area contributed by atoms with Crippen LogP contribution in [0.15, 0.2) is 18.2 Å². The number of nitrogens with zero attached hydrogens (tertiary/aromatic N) is 1. The molecule has 1 unspecified atom stereocenters. The van der Waals surface area contributed by atoms with E-state index in [1.807, 2.05) is 0 Å². The van der Waals surface area contributed by atoms with Crippen LogP contribution in [0.4, 0.5) is 5.69 Å². The van der Waals surface area contributed by atoms with Gasteiger partial charge in [0.25, 0.3) is 0 Å². The van der Waals surface area contributed by atoms with Crippen molar-refractivity contribution in [2.24, 2.45) is 5.92 Å². The van der Waals surface area contributed by atoms with Crippen LogP contribution in [0.1, 0.15) is 19.4 Å². The Morgan fingerprint density at radius 2 is 2.06 bits per heavy atom. The molecule has 1 aromatic carbocycles. The lowest BCUT2D eigenvalue weighted by atomic mass is 10.1. The molecule has 0 fully saturated rings. The number of aliphatic carboxylic acids is 1. The molecule has 0 aliphatic carbocycles. The van der Waals surface area contributed by atoms with Crippen molar-refractivity contribution in [3.63, 3.8) is 0 Å². The van der Waals surface area contributed by atoms with E-state index in [2.05, 4.69) is 0 Å². The molecule has 6 heteroatoms. The summed E-state index contributed by atoms with van der Waals surface area (Å²) >= 11 is 0. The average Bonchev–Trinajstić information content (AvgIpc) is 2.25. The maximum absolute atomic E-state index is 11.0. The third kappa shape index (κ3) is 3.19. The molecule has 0 amide bonds. The van der Waals surface area contributed by atoms with Gasteiger partial charge >= 0.3 is 11.7 Å². The molecule has 0 radical (unpaired) electrons. The van der Waals surface area contributed by atoms with Crippen LogP contribution in [-0.4, -0.2) is 22.1 Å². The van der Waals surface area contributed by atoms with E-state index < -0.39 is 17.0 Å². The van der Waals surface area contributed by atoms with E-state index in [0.29, 0.717) is 5.56 Å². The third-order valence-corrected chi connectivity index (χ3v) is 2.41. The number of nitro benzene ring substituents is 1. The summed E-state index contributed by atoms with van der Waals surface area (Å²) in [6.07, 6.45) is -1.11. The highest BCUT2D eigenvalue weighted by Gasteiger charge is 2.27. The fourth-order valence-corrected chi connectivity index (χ4v) is 1.48. The van der Waals surface area contributed by atoms with Crippen LogP contribution in [0.2, 0.25) is 0 Å². The second-order valence-corrected chi connectivity index (χ2v) is 4.35. The molecule has 98 valence electrons. The summed E-state index contributed by atoms with van der Waals surface area (Å²) in [6.45, 7) is 5.07. The number of aryl methyl sites for hydroxylation is 1. The van der Waals surface area contributed by atoms with Crippen molar-refractivity contribution in [1.82, 2.24) is 0 Å². The summed E-state index contributed by atoms with van der Waals surface area (Å²) in [4.78, 5) is 21.3. The van der Waals surface area contributed by atoms with Gasteiger partial charge in [0.1, 0.15) is 0 Å². The number of hydrogen-bond acceptors (Lipinski definition) is 4. The van der Waals surface area contributed by atoms with E-state index in [9.17, 15) is 14.9 Å². The van der Waals surface area contributed by atoms with Gasteiger partial charge < -0.3 is 9.84 Å². The summed E-state index contributed by atoms with van der Waals surface area (Å²) in [5.74, 6) is -1.45. The Kier molecular flexibility index (Phi) is 4.25. The van der Waals surface area contributed by atoms with E-state index in [0.717, 1.165) is 0 Å². The Bertz CT molecular complexity index is 470. The average molecular weight is 253 g/mol. The van der Waals surface area contributed by atoms with E-state index >= 15 is 0 Å². The molecule has 0 aliphatic heterocycles. The van der Waals surface area contributed by atoms with Gasteiger partial charge in [-0.05, 0) is 18.6 Å². The second-order valence-electron chi connectivity index (χ2n) is 4.35. The number of hydrogen-bond donors (Lipinski definition) is 1. The Morgan fingerprint density at radius 3 is 2.50 bits per heavy atom. The largest absolute Gasteiger partial charge is 0.478 e. The van der Waals surface area contributed by atoms with E-state index in [1.165, 1.54) is 12.1 Å². The van der Waals surface area contributed by atoms with Crippen molar-refractivity contribution in [3.05, 3.63) is 33.9 Å². The first-order chi connectivity index (χ1) is 8.32. The molecule has 0 spiro atoms. The zero-order valence-corrected chi connectivity index (χ0v) is 10.4. The number of ether oxygens (including phenoxy) is 1. The fourth-order valence-electron chi connectivity index (χ4n) is 1.48. The molecule has 1 rings (SSSR count). The smallest absolute Gasteiger partial charge is 0.345 e. The van der Waals surface area contributed by atoms with Crippen LogP contribution in [0.25, 0.3) is 0 Å². The number of carboxylic acids is 1. The number of carbonyl (C=O) groups is 1. The van der Waals surface area contributed by atoms with Crippen molar-refractivity contribution in [2.45, 2.75) is 26.9 Å². The minimum atomic E-state index is -1.14. The summed E-state index contributed by atoms with van der Waals surface area (Å²) in [6, 6.07) is 4.42. The Morgan fingerprint density at radius 1 is 1.44 bits per heavy atom. The fraction of sp³-hybridized carbons (Fsp3) is 0.417. The first-order valence-electron chi connectivity index (χ1n) is 5.47. The molecule has 0 heterocycles. The van der Waals surface area contributed by atoms with E-state index in [1.54, 1.807) is 26.8 Å². The van der Waals surface area contributed by atoms with Gasteiger partial charge in [0.2, 0.25) is 0 Å². The minimum Gasteiger partial charge on any atom is -0.478 e. The van der Waals surface area contributed by atoms with Crippen molar-refractivity contribution in [3.8, 4) is 5.75 Å².